The Morgan fingerprint density at radius 1 is 1.27 bits per heavy atom. The number of methoxy groups -OCH3 is 1. The highest BCUT2D eigenvalue weighted by molar-refractivity contribution is 5.95. The van der Waals surface area contributed by atoms with Gasteiger partial charge in [0.05, 0.1) is 23.8 Å². The Hall–Kier alpha value is -3.42. The minimum Gasteiger partial charge on any atom is -0.482 e. The lowest BCUT2D eigenvalue weighted by molar-refractivity contribution is -0.106. The van der Waals surface area contributed by atoms with Crippen LogP contribution in [0.1, 0.15) is 29.8 Å². The van der Waals surface area contributed by atoms with Gasteiger partial charge in [0.2, 0.25) is 5.88 Å². The van der Waals surface area contributed by atoms with Gasteiger partial charge in [-0.2, -0.15) is 0 Å². The molecule has 0 fully saturated rings. The highest BCUT2D eigenvalue weighted by Gasteiger charge is 2.37. The van der Waals surface area contributed by atoms with Gasteiger partial charge in [-0.3, -0.25) is 9.59 Å². The number of esters is 1. The summed E-state index contributed by atoms with van der Waals surface area (Å²) in [6.45, 7) is 3.44. The van der Waals surface area contributed by atoms with Gasteiger partial charge in [-0.25, -0.2) is 9.89 Å². The zero-order chi connectivity index (χ0) is 18.9. The van der Waals surface area contributed by atoms with Crippen LogP contribution in [0.2, 0.25) is 0 Å². The monoisotopic (exact) mass is 356 g/mol. The maximum atomic E-state index is 11.8. The molecule has 1 aromatic carbocycles. The molecule has 1 N–H and O–H groups in total. The van der Waals surface area contributed by atoms with E-state index >= 15 is 0 Å². The summed E-state index contributed by atoms with van der Waals surface area (Å²) >= 11 is 0. The number of ether oxygens (including phenoxy) is 3. The fourth-order valence-corrected chi connectivity index (χ4v) is 2.59. The van der Waals surface area contributed by atoms with E-state index in [1.54, 1.807) is 26.0 Å². The molecule has 0 aliphatic carbocycles. The number of rotatable bonds is 4. The lowest BCUT2D eigenvalue weighted by Crippen LogP contribution is -2.36. The van der Waals surface area contributed by atoms with Crippen LogP contribution in [0.5, 0.6) is 11.6 Å². The summed E-state index contributed by atoms with van der Waals surface area (Å²) in [5.74, 6) is 0.183. The molecule has 1 aromatic heterocycles. The Morgan fingerprint density at radius 2 is 2.04 bits per heavy atom. The molecule has 0 radical (unpaired) electrons. The van der Waals surface area contributed by atoms with Crippen LogP contribution >= 0.6 is 0 Å². The summed E-state index contributed by atoms with van der Waals surface area (Å²) < 4.78 is 16.4. The number of hydrogen-bond acceptors (Lipinski definition) is 7. The number of carbonyl (C=O) groups excluding carboxylic acids is 2. The number of H-pyrrole nitrogens is 1. The van der Waals surface area contributed by atoms with Gasteiger partial charge < -0.3 is 14.2 Å². The van der Waals surface area contributed by atoms with Crippen molar-refractivity contribution in [3.05, 3.63) is 57.4 Å². The number of aromatic amines is 1. The molecule has 2 heterocycles. The minimum atomic E-state index is -0.959. The molecule has 1 aliphatic rings. The van der Waals surface area contributed by atoms with Gasteiger partial charge in [-0.1, -0.05) is 0 Å². The summed E-state index contributed by atoms with van der Waals surface area (Å²) in [6.07, 6.45) is 0.634. The average Bonchev–Trinajstić information content (AvgIpc) is 2.62. The van der Waals surface area contributed by atoms with Crippen LogP contribution in [-0.4, -0.2) is 35.2 Å². The molecule has 0 unspecified atom stereocenters. The van der Waals surface area contributed by atoms with Gasteiger partial charge in [0.15, 0.2) is 12.0 Å². The van der Waals surface area contributed by atoms with Crippen molar-refractivity contribution in [2.75, 3.05) is 7.11 Å². The van der Waals surface area contributed by atoms with Crippen molar-refractivity contribution in [2.24, 2.45) is 0 Å². The Labute approximate surface area is 148 Å². The molecule has 1 aliphatic heterocycles. The maximum Gasteiger partial charge on any atom is 0.337 e. The summed E-state index contributed by atoms with van der Waals surface area (Å²) in [5.41, 5.74) is -0.431. The number of carbonyl (C=O) groups is 2. The molecule has 0 atom stereocenters. The molecule has 134 valence electrons. The van der Waals surface area contributed by atoms with E-state index in [0.29, 0.717) is 17.6 Å². The first-order valence-corrected chi connectivity index (χ1v) is 7.71. The van der Waals surface area contributed by atoms with E-state index in [1.165, 1.54) is 25.3 Å². The van der Waals surface area contributed by atoms with Crippen molar-refractivity contribution in [2.45, 2.75) is 19.4 Å². The Morgan fingerprint density at radius 3 is 2.65 bits per heavy atom. The fourth-order valence-electron chi connectivity index (χ4n) is 2.59. The number of nitrogens with one attached hydrogen (secondary N) is 1. The molecule has 0 amide bonds. The number of benzene rings is 1. The van der Waals surface area contributed by atoms with E-state index in [9.17, 15) is 14.4 Å². The first-order chi connectivity index (χ1) is 12.4. The first-order valence-electron chi connectivity index (χ1n) is 7.71. The molecular weight excluding hydrogens is 340 g/mol. The third-order valence-electron chi connectivity index (χ3n) is 3.88. The Balaban J connectivity index is 2.17. The van der Waals surface area contributed by atoms with Crippen molar-refractivity contribution in [1.29, 1.82) is 0 Å². The molecule has 26 heavy (non-hydrogen) atoms. The zero-order valence-electron chi connectivity index (χ0n) is 14.4. The van der Waals surface area contributed by atoms with Crippen molar-refractivity contribution in [1.82, 2.24) is 10.2 Å². The summed E-state index contributed by atoms with van der Waals surface area (Å²) in [4.78, 5) is 34.7. The number of fused-ring (bicyclic) bond motifs is 1. The number of nitrogens with zero attached hydrogens (tertiary/aromatic N) is 1. The first kappa shape index (κ1) is 17.4. The van der Waals surface area contributed by atoms with E-state index in [-0.39, 0.29) is 28.3 Å². The predicted molar refractivity (Wildman–Crippen MR) is 91.0 cm³/mol. The lowest BCUT2D eigenvalue weighted by atomic mass is 9.91. The normalized spacial score (nSPS) is 14.9. The van der Waals surface area contributed by atoms with Crippen molar-refractivity contribution in [3.8, 4) is 11.6 Å². The lowest BCUT2D eigenvalue weighted by Gasteiger charge is -2.34. The third-order valence-corrected chi connectivity index (χ3v) is 3.88. The predicted octanol–water partition coefficient (Wildman–Crippen LogP) is 1.72. The number of hydrogen-bond donors (Lipinski definition) is 1. The van der Waals surface area contributed by atoms with Gasteiger partial charge >= 0.3 is 5.97 Å². The van der Waals surface area contributed by atoms with E-state index < -0.39 is 11.6 Å². The van der Waals surface area contributed by atoms with Gasteiger partial charge in [0, 0.05) is 12.1 Å². The standard InChI is InChI=1S/C18H16N2O6/c1-18(2)12(9-21)16(25-15-7-6-14(22)19-20-15)11-8-10(17(23)24-3)4-5-13(11)26-18/h4-9H,1-3H3,(H,19,22). The van der Waals surface area contributed by atoms with Crippen LogP contribution in [0.3, 0.4) is 0 Å². The molecule has 8 nitrogen and oxygen atoms in total. The van der Waals surface area contributed by atoms with E-state index in [4.69, 9.17) is 14.2 Å². The van der Waals surface area contributed by atoms with Crippen molar-refractivity contribution >= 4 is 18.0 Å². The third kappa shape index (κ3) is 3.08. The van der Waals surface area contributed by atoms with Crippen LogP contribution in [0, 0.1) is 0 Å². The maximum absolute atomic E-state index is 11.8. The summed E-state index contributed by atoms with van der Waals surface area (Å²) in [6, 6.07) is 7.30. The topological polar surface area (TPSA) is 108 Å². The highest BCUT2D eigenvalue weighted by Crippen LogP contribution is 2.41. The van der Waals surface area contributed by atoms with Gasteiger partial charge in [0.25, 0.3) is 5.56 Å². The van der Waals surface area contributed by atoms with Crippen molar-refractivity contribution in [3.63, 3.8) is 0 Å². The summed E-state index contributed by atoms with van der Waals surface area (Å²) in [7, 11) is 1.27. The molecule has 8 heteroatoms. The molecular formula is C18H16N2O6. The van der Waals surface area contributed by atoms with Crippen LogP contribution in [0.25, 0.3) is 5.76 Å². The second-order valence-electron chi connectivity index (χ2n) is 6.04. The fraction of sp³-hybridized carbons (Fsp3) is 0.222. The van der Waals surface area contributed by atoms with Crippen LogP contribution < -0.4 is 15.0 Å². The second kappa shape index (κ2) is 6.47. The Kier molecular flexibility index (Phi) is 4.33. The quantitative estimate of drug-likeness (QED) is 0.656. The zero-order valence-corrected chi connectivity index (χ0v) is 14.4. The largest absolute Gasteiger partial charge is 0.482 e. The average molecular weight is 356 g/mol. The SMILES string of the molecule is COC(=O)c1ccc2c(c1)C(Oc1ccc(=O)[nH]n1)=C(C=O)C(C)(C)O2. The summed E-state index contributed by atoms with van der Waals surface area (Å²) in [5, 5.41) is 6.05. The molecule has 0 bridgehead atoms. The molecule has 0 saturated heterocycles. The molecule has 0 spiro atoms. The highest BCUT2D eigenvalue weighted by atomic mass is 16.5. The number of aromatic nitrogens is 2. The molecule has 3 rings (SSSR count). The van der Waals surface area contributed by atoms with Gasteiger partial charge in [0.1, 0.15) is 11.4 Å². The van der Waals surface area contributed by atoms with Crippen molar-refractivity contribution < 1.29 is 23.8 Å². The second-order valence-corrected chi connectivity index (χ2v) is 6.04. The smallest absolute Gasteiger partial charge is 0.337 e. The van der Waals surface area contributed by atoms with E-state index in [1.807, 2.05) is 0 Å². The van der Waals surface area contributed by atoms with Crippen LogP contribution in [-0.2, 0) is 9.53 Å². The van der Waals surface area contributed by atoms with E-state index in [0.717, 1.165) is 0 Å². The van der Waals surface area contributed by atoms with E-state index in [2.05, 4.69) is 10.2 Å². The van der Waals surface area contributed by atoms with Gasteiger partial charge in [-0.05, 0) is 32.0 Å². The molecule has 2 aromatic rings. The Bertz CT molecular complexity index is 953. The van der Waals surface area contributed by atoms with Crippen LogP contribution in [0.15, 0.2) is 40.7 Å². The minimum absolute atomic E-state index is 0.0890. The van der Waals surface area contributed by atoms with Crippen LogP contribution in [0.4, 0.5) is 0 Å². The molecule has 0 saturated carbocycles. The van der Waals surface area contributed by atoms with Gasteiger partial charge in [-0.15, -0.1) is 5.10 Å². The number of aldehydes is 1.